The standard InChI is InChI=1S/C32H50F2O2/c1-3-5-7-13-22-32(23-14-9-15-24-32)36-30(35)27-17-16-26(28(33)29(27)34)18-25-31(19-10-6-4-2)20-11-8-12-21-31/h16-17H,3-15,18-25H2,1-2H3. The first kappa shape index (κ1) is 29.1. The second-order valence-electron chi connectivity index (χ2n) is 11.9. The van der Waals surface area contributed by atoms with Crippen molar-refractivity contribution < 1.29 is 18.3 Å². The van der Waals surface area contributed by atoms with Crippen LogP contribution in [0.5, 0.6) is 0 Å². The summed E-state index contributed by atoms with van der Waals surface area (Å²) in [4.78, 5) is 13.1. The molecule has 0 bridgehead atoms. The molecule has 2 aliphatic rings. The molecule has 4 heteroatoms. The Morgan fingerprint density at radius 3 is 2.03 bits per heavy atom. The number of hydrogen-bond donors (Lipinski definition) is 0. The second kappa shape index (κ2) is 14.5. The third-order valence-electron chi connectivity index (χ3n) is 9.09. The van der Waals surface area contributed by atoms with Gasteiger partial charge < -0.3 is 4.74 Å². The van der Waals surface area contributed by atoms with Crippen LogP contribution in [0.25, 0.3) is 0 Å². The van der Waals surface area contributed by atoms with E-state index < -0.39 is 23.2 Å². The van der Waals surface area contributed by atoms with Crippen LogP contribution in [-0.4, -0.2) is 11.6 Å². The van der Waals surface area contributed by atoms with E-state index in [1.54, 1.807) is 6.07 Å². The van der Waals surface area contributed by atoms with Gasteiger partial charge in [0.25, 0.3) is 0 Å². The van der Waals surface area contributed by atoms with Gasteiger partial charge in [-0.25, -0.2) is 13.6 Å². The number of esters is 1. The molecule has 2 saturated carbocycles. The molecule has 0 atom stereocenters. The molecule has 0 radical (unpaired) electrons. The Hall–Kier alpha value is -1.45. The Morgan fingerprint density at radius 1 is 0.750 bits per heavy atom. The predicted molar refractivity (Wildman–Crippen MR) is 144 cm³/mol. The summed E-state index contributed by atoms with van der Waals surface area (Å²) < 4.78 is 36.4. The first-order chi connectivity index (χ1) is 17.4. The van der Waals surface area contributed by atoms with Crippen LogP contribution in [0.2, 0.25) is 0 Å². The minimum absolute atomic E-state index is 0.245. The van der Waals surface area contributed by atoms with Gasteiger partial charge in [0, 0.05) is 0 Å². The molecule has 2 aliphatic carbocycles. The minimum Gasteiger partial charge on any atom is -0.455 e. The second-order valence-corrected chi connectivity index (χ2v) is 11.9. The number of ether oxygens (including phenoxy) is 1. The number of benzene rings is 1. The van der Waals surface area contributed by atoms with Gasteiger partial charge >= 0.3 is 5.97 Å². The average Bonchev–Trinajstić information content (AvgIpc) is 2.89. The molecule has 36 heavy (non-hydrogen) atoms. The van der Waals surface area contributed by atoms with Gasteiger partial charge in [0.2, 0.25) is 0 Å². The van der Waals surface area contributed by atoms with E-state index in [9.17, 15) is 4.79 Å². The smallest absolute Gasteiger partial charge is 0.341 e. The molecule has 0 aliphatic heterocycles. The lowest BCUT2D eigenvalue weighted by Gasteiger charge is -2.38. The SMILES string of the molecule is CCCCCCC1(OC(=O)c2ccc(CCC3(CCCCC)CCCCC3)c(F)c2F)CCCCC1. The number of halogens is 2. The van der Waals surface area contributed by atoms with E-state index in [0.29, 0.717) is 12.0 Å². The highest BCUT2D eigenvalue weighted by Crippen LogP contribution is 2.44. The fourth-order valence-corrected chi connectivity index (χ4v) is 6.74. The van der Waals surface area contributed by atoms with Crippen molar-refractivity contribution in [3.8, 4) is 0 Å². The maximum Gasteiger partial charge on any atom is 0.341 e. The van der Waals surface area contributed by atoms with Crippen molar-refractivity contribution in [3.05, 3.63) is 34.9 Å². The van der Waals surface area contributed by atoms with Crippen LogP contribution in [0.3, 0.4) is 0 Å². The number of hydrogen-bond acceptors (Lipinski definition) is 2. The molecular formula is C32H50F2O2. The molecule has 0 spiro atoms. The van der Waals surface area contributed by atoms with Crippen LogP contribution >= 0.6 is 0 Å². The summed E-state index contributed by atoms with van der Waals surface area (Å²) in [6, 6.07) is 3.10. The van der Waals surface area contributed by atoms with Gasteiger partial charge in [-0.1, -0.05) is 84.1 Å². The molecule has 0 aromatic heterocycles. The van der Waals surface area contributed by atoms with E-state index >= 15 is 8.78 Å². The fourth-order valence-electron chi connectivity index (χ4n) is 6.74. The Balaban J connectivity index is 1.67. The highest BCUT2D eigenvalue weighted by Gasteiger charge is 2.37. The van der Waals surface area contributed by atoms with Gasteiger partial charge in [-0.15, -0.1) is 0 Å². The average molecular weight is 505 g/mol. The Labute approximate surface area is 219 Å². The Kier molecular flexibility index (Phi) is 11.7. The normalized spacial score (nSPS) is 19.2. The lowest BCUT2D eigenvalue weighted by atomic mass is 9.68. The molecule has 204 valence electrons. The van der Waals surface area contributed by atoms with Crippen molar-refractivity contribution in [3.63, 3.8) is 0 Å². The number of unbranched alkanes of at least 4 members (excludes halogenated alkanes) is 5. The maximum atomic E-state index is 15.2. The maximum absolute atomic E-state index is 15.2. The molecule has 1 aromatic carbocycles. The molecule has 2 nitrogen and oxygen atoms in total. The minimum atomic E-state index is -1.03. The summed E-state index contributed by atoms with van der Waals surface area (Å²) in [5.74, 6) is -2.58. The first-order valence-corrected chi connectivity index (χ1v) is 15.1. The zero-order valence-corrected chi connectivity index (χ0v) is 23.1. The zero-order chi connectivity index (χ0) is 25.9. The molecule has 3 rings (SSSR count). The molecule has 0 heterocycles. The number of aryl methyl sites for hydroxylation is 1. The van der Waals surface area contributed by atoms with Crippen molar-refractivity contribution >= 4 is 5.97 Å². The highest BCUT2D eigenvalue weighted by atomic mass is 19.2. The van der Waals surface area contributed by atoms with Gasteiger partial charge in [0.05, 0.1) is 5.56 Å². The summed E-state index contributed by atoms with van der Waals surface area (Å²) in [5.41, 5.74) is -0.100. The Bertz CT molecular complexity index is 807. The summed E-state index contributed by atoms with van der Waals surface area (Å²) in [6.07, 6.45) is 22.6. The highest BCUT2D eigenvalue weighted by molar-refractivity contribution is 5.90. The monoisotopic (exact) mass is 504 g/mol. The number of carbonyl (C=O) groups is 1. The summed E-state index contributed by atoms with van der Waals surface area (Å²) in [7, 11) is 0. The van der Waals surface area contributed by atoms with Crippen LogP contribution in [-0.2, 0) is 11.2 Å². The van der Waals surface area contributed by atoms with E-state index in [-0.39, 0.29) is 11.0 Å². The van der Waals surface area contributed by atoms with Crippen LogP contribution in [0.1, 0.15) is 158 Å². The molecule has 2 fully saturated rings. The van der Waals surface area contributed by atoms with Crippen molar-refractivity contribution in [2.45, 2.75) is 154 Å². The number of rotatable bonds is 14. The van der Waals surface area contributed by atoms with Crippen molar-refractivity contribution in [1.82, 2.24) is 0 Å². The van der Waals surface area contributed by atoms with E-state index in [4.69, 9.17) is 4.74 Å². The van der Waals surface area contributed by atoms with Crippen LogP contribution in [0, 0.1) is 17.0 Å². The van der Waals surface area contributed by atoms with E-state index in [1.807, 2.05) is 0 Å². The van der Waals surface area contributed by atoms with E-state index in [2.05, 4.69) is 13.8 Å². The Morgan fingerprint density at radius 2 is 1.36 bits per heavy atom. The van der Waals surface area contributed by atoms with Crippen molar-refractivity contribution in [2.24, 2.45) is 5.41 Å². The van der Waals surface area contributed by atoms with Gasteiger partial charge in [-0.05, 0) is 87.7 Å². The molecule has 1 aromatic rings. The van der Waals surface area contributed by atoms with Crippen molar-refractivity contribution in [1.29, 1.82) is 0 Å². The molecule has 0 amide bonds. The largest absolute Gasteiger partial charge is 0.455 e. The topological polar surface area (TPSA) is 26.3 Å². The number of carbonyl (C=O) groups excluding carboxylic acids is 1. The molecular weight excluding hydrogens is 454 g/mol. The molecule has 0 N–H and O–H groups in total. The van der Waals surface area contributed by atoms with Crippen LogP contribution in [0.15, 0.2) is 12.1 Å². The molecule has 0 unspecified atom stereocenters. The van der Waals surface area contributed by atoms with Crippen LogP contribution < -0.4 is 0 Å². The van der Waals surface area contributed by atoms with Gasteiger partial charge in [0.1, 0.15) is 5.60 Å². The molecule has 0 saturated heterocycles. The van der Waals surface area contributed by atoms with Crippen LogP contribution in [0.4, 0.5) is 8.78 Å². The summed E-state index contributed by atoms with van der Waals surface area (Å²) in [5, 5.41) is 0. The van der Waals surface area contributed by atoms with E-state index in [1.165, 1.54) is 70.3 Å². The summed E-state index contributed by atoms with van der Waals surface area (Å²) >= 11 is 0. The van der Waals surface area contributed by atoms with E-state index in [0.717, 1.165) is 64.2 Å². The van der Waals surface area contributed by atoms with Gasteiger partial charge in [-0.3, -0.25) is 0 Å². The summed E-state index contributed by atoms with van der Waals surface area (Å²) in [6.45, 7) is 4.40. The lowest BCUT2D eigenvalue weighted by Crippen LogP contribution is -2.37. The first-order valence-electron chi connectivity index (χ1n) is 15.1. The van der Waals surface area contributed by atoms with Gasteiger partial charge in [-0.2, -0.15) is 0 Å². The third kappa shape index (κ3) is 8.02. The predicted octanol–water partition coefficient (Wildman–Crippen LogP) is 10.3. The lowest BCUT2D eigenvalue weighted by molar-refractivity contribution is -0.0440. The third-order valence-corrected chi connectivity index (χ3v) is 9.09. The van der Waals surface area contributed by atoms with Crippen molar-refractivity contribution in [2.75, 3.05) is 0 Å². The fraction of sp³-hybridized carbons (Fsp3) is 0.781. The van der Waals surface area contributed by atoms with Gasteiger partial charge in [0.15, 0.2) is 11.6 Å². The zero-order valence-electron chi connectivity index (χ0n) is 23.1. The quantitative estimate of drug-likeness (QED) is 0.186.